The van der Waals surface area contributed by atoms with Gasteiger partial charge in [0.2, 0.25) is 0 Å². The molecule has 2 aromatic rings. The van der Waals surface area contributed by atoms with Crippen LogP contribution in [0.15, 0.2) is 24.3 Å². The van der Waals surface area contributed by atoms with Crippen molar-refractivity contribution in [1.82, 2.24) is 0 Å². The lowest BCUT2D eigenvalue weighted by Gasteiger charge is -2.15. The highest BCUT2D eigenvalue weighted by Crippen LogP contribution is 2.29. The predicted octanol–water partition coefficient (Wildman–Crippen LogP) is 4.25. The fourth-order valence-electron chi connectivity index (χ4n) is 1.84. The minimum Gasteiger partial charge on any atom is -0.320 e. The molecule has 2 rings (SSSR count). The smallest absolute Gasteiger partial charge is 0.142 e. The second-order valence-corrected chi connectivity index (χ2v) is 4.80. The molecule has 2 aromatic carbocycles. The maximum absolute atomic E-state index is 13.8. The Labute approximate surface area is 118 Å². The van der Waals surface area contributed by atoms with Crippen LogP contribution >= 0.6 is 11.6 Å². The van der Waals surface area contributed by atoms with Gasteiger partial charge in [-0.15, -0.1) is 0 Å². The Balaban J connectivity index is 2.54. The number of halogens is 5. The van der Waals surface area contributed by atoms with Gasteiger partial charge in [0.25, 0.3) is 0 Å². The van der Waals surface area contributed by atoms with Crippen LogP contribution in [-0.2, 0) is 0 Å². The van der Waals surface area contributed by atoms with Gasteiger partial charge in [0.15, 0.2) is 0 Å². The third-order valence-corrected chi connectivity index (χ3v) is 3.28. The first-order valence-electron chi connectivity index (χ1n) is 5.66. The molecule has 2 N–H and O–H groups in total. The van der Waals surface area contributed by atoms with Crippen LogP contribution in [0.2, 0.25) is 5.02 Å². The molecule has 0 radical (unpaired) electrons. The van der Waals surface area contributed by atoms with E-state index in [1.807, 2.05) is 0 Å². The Morgan fingerprint density at radius 3 is 1.95 bits per heavy atom. The summed E-state index contributed by atoms with van der Waals surface area (Å²) in [6, 6.07) is 2.02. The van der Waals surface area contributed by atoms with E-state index in [2.05, 4.69) is 0 Å². The number of hydrogen-bond acceptors (Lipinski definition) is 1. The largest absolute Gasteiger partial charge is 0.320 e. The van der Waals surface area contributed by atoms with E-state index in [1.165, 1.54) is 6.92 Å². The predicted molar refractivity (Wildman–Crippen MR) is 68.5 cm³/mol. The standard InChI is InChI=1S/C14H10ClF4N/c1-6-2-11(17)7(3-10(6)16)14(20)8-4-13(19)9(15)5-12(8)18/h2-5,14H,20H2,1H3. The van der Waals surface area contributed by atoms with Gasteiger partial charge in [0, 0.05) is 11.1 Å². The summed E-state index contributed by atoms with van der Waals surface area (Å²) < 4.78 is 54.3. The molecule has 1 atom stereocenters. The summed E-state index contributed by atoms with van der Waals surface area (Å²) in [6.07, 6.45) is 0. The van der Waals surface area contributed by atoms with Crippen LogP contribution < -0.4 is 5.73 Å². The van der Waals surface area contributed by atoms with Gasteiger partial charge in [0.05, 0.1) is 11.1 Å². The average molecular weight is 304 g/mol. The van der Waals surface area contributed by atoms with Crippen LogP contribution in [0, 0.1) is 30.2 Å². The molecule has 0 heterocycles. The highest BCUT2D eigenvalue weighted by atomic mass is 35.5. The molecule has 6 heteroatoms. The summed E-state index contributed by atoms with van der Waals surface area (Å²) in [7, 11) is 0. The summed E-state index contributed by atoms with van der Waals surface area (Å²) in [6.45, 7) is 1.39. The van der Waals surface area contributed by atoms with Gasteiger partial charge in [-0.3, -0.25) is 0 Å². The van der Waals surface area contributed by atoms with Crippen molar-refractivity contribution in [2.75, 3.05) is 0 Å². The van der Waals surface area contributed by atoms with Gasteiger partial charge in [-0.05, 0) is 36.8 Å². The van der Waals surface area contributed by atoms with E-state index in [0.29, 0.717) is 0 Å². The van der Waals surface area contributed by atoms with Crippen LogP contribution in [0.4, 0.5) is 17.6 Å². The summed E-state index contributed by atoms with van der Waals surface area (Å²) >= 11 is 5.42. The van der Waals surface area contributed by atoms with Crippen molar-refractivity contribution >= 4 is 11.6 Å². The monoisotopic (exact) mass is 303 g/mol. The summed E-state index contributed by atoms with van der Waals surface area (Å²) in [5.41, 5.74) is 5.24. The lowest BCUT2D eigenvalue weighted by atomic mass is 9.97. The first kappa shape index (κ1) is 14.8. The molecule has 0 aromatic heterocycles. The number of rotatable bonds is 2. The van der Waals surface area contributed by atoms with Gasteiger partial charge >= 0.3 is 0 Å². The summed E-state index contributed by atoms with van der Waals surface area (Å²) in [4.78, 5) is 0. The van der Waals surface area contributed by atoms with E-state index in [9.17, 15) is 17.6 Å². The van der Waals surface area contributed by atoms with Crippen molar-refractivity contribution in [1.29, 1.82) is 0 Å². The fraction of sp³-hybridized carbons (Fsp3) is 0.143. The first-order chi connectivity index (χ1) is 9.31. The molecule has 0 spiro atoms. The molecule has 1 nitrogen and oxygen atoms in total. The van der Waals surface area contributed by atoms with Crippen molar-refractivity contribution in [3.05, 3.63) is 69.2 Å². The van der Waals surface area contributed by atoms with E-state index in [4.69, 9.17) is 17.3 Å². The molecule has 0 amide bonds. The average Bonchev–Trinajstić information content (AvgIpc) is 2.37. The molecular weight excluding hydrogens is 294 g/mol. The number of nitrogens with two attached hydrogens (primary N) is 1. The molecule has 0 bridgehead atoms. The van der Waals surface area contributed by atoms with E-state index in [-0.39, 0.29) is 16.7 Å². The van der Waals surface area contributed by atoms with Crippen molar-refractivity contribution in [2.24, 2.45) is 5.73 Å². The molecule has 106 valence electrons. The van der Waals surface area contributed by atoms with Crippen molar-refractivity contribution in [3.63, 3.8) is 0 Å². The molecule has 20 heavy (non-hydrogen) atoms. The highest BCUT2D eigenvalue weighted by Gasteiger charge is 2.20. The maximum atomic E-state index is 13.8. The zero-order valence-corrected chi connectivity index (χ0v) is 11.1. The Bertz CT molecular complexity index is 615. The molecular formula is C14H10ClF4N. The van der Waals surface area contributed by atoms with E-state index in [1.54, 1.807) is 0 Å². The third kappa shape index (κ3) is 2.64. The number of aryl methyl sites for hydroxylation is 1. The van der Waals surface area contributed by atoms with Crippen LogP contribution in [0.1, 0.15) is 22.7 Å². The van der Waals surface area contributed by atoms with Gasteiger partial charge in [-0.1, -0.05) is 11.6 Å². The van der Waals surface area contributed by atoms with E-state index in [0.717, 1.165) is 24.3 Å². The summed E-state index contributed by atoms with van der Waals surface area (Å²) in [5.74, 6) is -3.23. The topological polar surface area (TPSA) is 26.0 Å². The lowest BCUT2D eigenvalue weighted by Crippen LogP contribution is -2.16. The molecule has 0 fully saturated rings. The minimum atomic E-state index is -1.34. The van der Waals surface area contributed by atoms with Crippen molar-refractivity contribution in [3.8, 4) is 0 Å². The van der Waals surface area contributed by atoms with Crippen LogP contribution in [0.5, 0.6) is 0 Å². The molecule has 0 aliphatic rings. The molecule has 0 aliphatic carbocycles. The molecule has 0 aliphatic heterocycles. The number of benzene rings is 2. The second-order valence-electron chi connectivity index (χ2n) is 4.39. The molecule has 0 saturated heterocycles. The SMILES string of the molecule is Cc1cc(F)c(C(N)c2cc(F)c(Cl)cc2F)cc1F. The Morgan fingerprint density at radius 1 is 0.850 bits per heavy atom. The van der Waals surface area contributed by atoms with Gasteiger partial charge < -0.3 is 5.73 Å². The zero-order chi connectivity index (χ0) is 15.0. The van der Waals surface area contributed by atoms with E-state index < -0.39 is 34.3 Å². The second kappa shape index (κ2) is 5.42. The van der Waals surface area contributed by atoms with Crippen molar-refractivity contribution < 1.29 is 17.6 Å². The zero-order valence-electron chi connectivity index (χ0n) is 10.4. The lowest BCUT2D eigenvalue weighted by molar-refractivity contribution is 0.552. The first-order valence-corrected chi connectivity index (χ1v) is 6.04. The normalized spacial score (nSPS) is 12.6. The Kier molecular flexibility index (Phi) is 4.01. The van der Waals surface area contributed by atoms with Crippen LogP contribution in [0.3, 0.4) is 0 Å². The molecule has 0 saturated carbocycles. The number of hydrogen-bond donors (Lipinski definition) is 1. The van der Waals surface area contributed by atoms with Crippen molar-refractivity contribution in [2.45, 2.75) is 13.0 Å². The van der Waals surface area contributed by atoms with Crippen LogP contribution in [-0.4, -0.2) is 0 Å². The quantitative estimate of drug-likeness (QED) is 0.651. The minimum absolute atomic E-state index is 0.0983. The highest BCUT2D eigenvalue weighted by molar-refractivity contribution is 6.30. The van der Waals surface area contributed by atoms with Gasteiger partial charge in [-0.25, -0.2) is 17.6 Å². The fourth-order valence-corrected chi connectivity index (χ4v) is 1.99. The van der Waals surface area contributed by atoms with E-state index >= 15 is 0 Å². The van der Waals surface area contributed by atoms with Gasteiger partial charge in [0.1, 0.15) is 23.3 Å². The molecule has 1 unspecified atom stereocenters. The third-order valence-electron chi connectivity index (χ3n) is 2.99. The maximum Gasteiger partial charge on any atom is 0.142 e. The van der Waals surface area contributed by atoms with Gasteiger partial charge in [-0.2, -0.15) is 0 Å². The summed E-state index contributed by atoms with van der Waals surface area (Å²) in [5, 5.41) is -0.408. The Hall–Kier alpha value is -1.59. The Morgan fingerprint density at radius 2 is 1.35 bits per heavy atom. The van der Waals surface area contributed by atoms with Crippen LogP contribution in [0.25, 0.3) is 0 Å².